The molecule has 4 nitrogen and oxygen atoms in total. The number of nitrogens with zero attached hydrogens (tertiary/aromatic N) is 1. The van der Waals surface area contributed by atoms with E-state index in [9.17, 15) is 4.79 Å². The minimum Gasteiger partial charge on any atom is -0.319 e. The molecule has 2 rings (SSSR count). The van der Waals surface area contributed by atoms with E-state index in [0.29, 0.717) is 11.7 Å². The van der Waals surface area contributed by atoms with E-state index in [1.807, 2.05) is 37.6 Å². The van der Waals surface area contributed by atoms with E-state index in [-0.39, 0.29) is 11.8 Å². The van der Waals surface area contributed by atoms with Gasteiger partial charge in [-0.2, -0.15) is 0 Å². The Morgan fingerprint density at radius 1 is 1.40 bits per heavy atom. The van der Waals surface area contributed by atoms with Crippen LogP contribution in [0.25, 0.3) is 11.3 Å². The summed E-state index contributed by atoms with van der Waals surface area (Å²) in [5, 5.41) is 8.48. The molecule has 1 aromatic carbocycles. The number of carbonyl (C=O) groups excluding carboxylic acids is 1. The average molecular weight is 289 g/mol. The number of amides is 1. The average Bonchev–Trinajstić information content (AvgIpc) is 2.87. The van der Waals surface area contributed by atoms with Crippen LogP contribution in [0.1, 0.15) is 12.5 Å². The van der Waals surface area contributed by atoms with Gasteiger partial charge in [-0.3, -0.25) is 4.79 Å². The van der Waals surface area contributed by atoms with Gasteiger partial charge in [0.2, 0.25) is 5.91 Å². The second kappa shape index (κ2) is 6.63. The van der Waals surface area contributed by atoms with Gasteiger partial charge in [0, 0.05) is 23.4 Å². The first-order chi connectivity index (χ1) is 9.61. The second-order valence-corrected chi connectivity index (χ2v) is 5.66. The number of anilines is 1. The third-order valence-corrected chi connectivity index (χ3v) is 3.87. The lowest BCUT2D eigenvalue weighted by molar-refractivity contribution is -0.119. The van der Waals surface area contributed by atoms with Crippen molar-refractivity contribution in [3.05, 3.63) is 35.2 Å². The van der Waals surface area contributed by atoms with Gasteiger partial charge in [-0.25, -0.2) is 4.98 Å². The number of benzene rings is 1. The highest BCUT2D eigenvalue weighted by Gasteiger charge is 2.14. The van der Waals surface area contributed by atoms with Gasteiger partial charge in [0.15, 0.2) is 5.13 Å². The quantitative estimate of drug-likeness (QED) is 0.890. The van der Waals surface area contributed by atoms with Gasteiger partial charge in [-0.15, -0.1) is 11.3 Å². The Balaban J connectivity index is 2.10. The van der Waals surface area contributed by atoms with E-state index in [2.05, 4.69) is 28.6 Å². The molecular formula is C15H19N3OS. The summed E-state index contributed by atoms with van der Waals surface area (Å²) < 4.78 is 0. The third kappa shape index (κ3) is 3.43. The first-order valence-electron chi connectivity index (χ1n) is 6.59. The van der Waals surface area contributed by atoms with Crippen molar-refractivity contribution in [1.29, 1.82) is 0 Å². The lowest BCUT2D eigenvalue weighted by Crippen LogP contribution is -2.28. The zero-order valence-electron chi connectivity index (χ0n) is 11.9. The molecule has 1 unspecified atom stereocenters. The van der Waals surface area contributed by atoms with E-state index in [4.69, 9.17) is 0 Å². The maximum absolute atomic E-state index is 11.9. The molecule has 0 fully saturated rings. The molecule has 1 atom stereocenters. The van der Waals surface area contributed by atoms with Gasteiger partial charge in [0.25, 0.3) is 0 Å². The summed E-state index contributed by atoms with van der Waals surface area (Å²) in [6, 6.07) is 8.10. The molecular weight excluding hydrogens is 270 g/mol. The molecule has 2 aromatic rings. The van der Waals surface area contributed by atoms with Crippen molar-refractivity contribution in [2.24, 2.45) is 5.92 Å². The van der Waals surface area contributed by atoms with Crippen LogP contribution in [0.5, 0.6) is 0 Å². The Hall–Kier alpha value is -1.72. The van der Waals surface area contributed by atoms with Crippen molar-refractivity contribution in [3.8, 4) is 11.3 Å². The van der Waals surface area contributed by atoms with Crippen molar-refractivity contribution < 1.29 is 4.79 Å². The van der Waals surface area contributed by atoms with Crippen LogP contribution in [-0.4, -0.2) is 24.5 Å². The smallest absolute Gasteiger partial charge is 0.230 e. The van der Waals surface area contributed by atoms with Crippen molar-refractivity contribution in [2.75, 3.05) is 18.9 Å². The second-order valence-electron chi connectivity index (χ2n) is 4.80. The number of carbonyl (C=O) groups is 1. The molecule has 106 valence electrons. The molecule has 0 bridgehead atoms. The van der Waals surface area contributed by atoms with Crippen molar-refractivity contribution in [2.45, 2.75) is 13.8 Å². The number of nitrogens with one attached hydrogen (secondary N) is 2. The fraction of sp³-hybridized carbons (Fsp3) is 0.333. The molecule has 1 amide bonds. The van der Waals surface area contributed by atoms with Crippen LogP contribution >= 0.6 is 11.3 Å². The largest absolute Gasteiger partial charge is 0.319 e. The molecule has 20 heavy (non-hydrogen) atoms. The zero-order valence-corrected chi connectivity index (χ0v) is 12.8. The monoisotopic (exact) mass is 289 g/mol. The molecule has 0 radical (unpaired) electrons. The van der Waals surface area contributed by atoms with Crippen LogP contribution in [0.3, 0.4) is 0 Å². The number of hydrogen-bond donors (Lipinski definition) is 2. The maximum atomic E-state index is 11.9. The predicted molar refractivity (Wildman–Crippen MR) is 84.0 cm³/mol. The van der Waals surface area contributed by atoms with Crippen LogP contribution in [0.4, 0.5) is 5.13 Å². The molecule has 0 aliphatic heterocycles. The predicted octanol–water partition coefficient (Wildman–Crippen LogP) is 2.91. The Morgan fingerprint density at radius 3 is 2.85 bits per heavy atom. The molecule has 1 heterocycles. The first kappa shape index (κ1) is 14.7. The Kier molecular flexibility index (Phi) is 4.87. The summed E-state index contributed by atoms with van der Waals surface area (Å²) in [7, 11) is 1.84. The van der Waals surface area contributed by atoms with Crippen LogP contribution in [0.15, 0.2) is 29.6 Å². The van der Waals surface area contributed by atoms with Gasteiger partial charge < -0.3 is 10.6 Å². The van der Waals surface area contributed by atoms with Gasteiger partial charge in [0.05, 0.1) is 5.69 Å². The topological polar surface area (TPSA) is 54.0 Å². The Labute approximate surface area is 123 Å². The number of thiazole rings is 1. The highest BCUT2D eigenvalue weighted by Crippen LogP contribution is 2.27. The van der Waals surface area contributed by atoms with Crippen LogP contribution in [0.2, 0.25) is 0 Å². The number of aromatic nitrogens is 1. The van der Waals surface area contributed by atoms with E-state index >= 15 is 0 Å². The molecule has 0 aliphatic carbocycles. The molecule has 0 aliphatic rings. The maximum Gasteiger partial charge on any atom is 0.230 e. The summed E-state index contributed by atoms with van der Waals surface area (Å²) in [4.78, 5) is 16.4. The van der Waals surface area contributed by atoms with Crippen molar-refractivity contribution >= 4 is 22.4 Å². The standard InChI is InChI=1S/C15H19N3OS/c1-10-6-4-5-7-12(10)13-9-20-15(17-13)18-14(19)11(2)8-16-3/h4-7,9,11,16H,8H2,1-3H3,(H,17,18,19). The summed E-state index contributed by atoms with van der Waals surface area (Å²) >= 11 is 1.45. The van der Waals surface area contributed by atoms with Crippen molar-refractivity contribution in [1.82, 2.24) is 10.3 Å². The van der Waals surface area contributed by atoms with Gasteiger partial charge >= 0.3 is 0 Å². The number of rotatable bonds is 5. The molecule has 0 saturated heterocycles. The Morgan fingerprint density at radius 2 is 2.15 bits per heavy atom. The highest BCUT2D eigenvalue weighted by molar-refractivity contribution is 7.14. The summed E-state index contributed by atoms with van der Waals surface area (Å²) in [6.07, 6.45) is 0. The minimum absolute atomic E-state index is 0.00923. The zero-order chi connectivity index (χ0) is 14.5. The summed E-state index contributed by atoms with van der Waals surface area (Å²) in [5.41, 5.74) is 3.19. The van der Waals surface area contributed by atoms with Gasteiger partial charge in [0.1, 0.15) is 0 Å². The third-order valence-electron chi connectivity index (χ3n) is 3.11. The summed E-state index contributed by atoms with van der Waals surface area (Å²) in [6.45, 7) is 4.60. The van der Waals surface area contributed by atoms with E-state index in [1.54, 1.807) is 0 Å². The molecule has 5 heteroatoms. The van der Waals surface area contributed by atoms with Crippen LogP contribution in [-0.2, 0) is 4.79 Å². The van der Waals surface area contributed by atoms with E-state index in [0.717, 1.165) is 11.3 Å². The van der Waals surface area contributed by atoms with Gasteiger partial charge in [-0.1, -0.05) is 31.2 Å². The fourth-order valence-electron chi connectivity index (χ4n) is 1.94. The first-order valence-corrected chi connectivity index (χ1v) is 7.46. The normalized spacial score (nSPS) is 12.2. The molecule has 0 saturated carbocycles. The molecule has 1 aromatic heterocycles. The Bertz CT molecular complexity index is 594. The summed E-state index contributed by atoms with van der Waals surface area (Å²) in [5.74, 6) is -0.0872. The lowest BCUT2D eigenvalue weighted by Gasteiger charge is -2.09. The fourth-order valence-corrected chi connectivity index (χ4v) is 2.66. The van der Waals surface area contributed by atoms with Gasteiger partial charge in [-0.05, 0) is 19.5 Å². The van der Waals surface area contributed by atoms with E-state index in [1.165, 1.54) is 16.9 Å². The lowest BCUT2D eigenvalue weighted by atomic mass is 10.1. The van der Waals surface area contributed by atoms with Crippen LogP contribution < -0.4 is 10.6 Å². The van der Waals surface area contributed by atoms with Crippen molar-refractivity contribution in [3.63, 3.8) is 0 Å². The number of aryl methyl sites for hydroxylation is 1. The molecule has 2 N–H and O–H groups in total. The molecule has 0 spiro atoms. The highest BCUT2D eigenvalue weighted by atomic mass is 32.1. The van der Waals surface area contributed by atoms with E-state index < -0.39 is 0 Å². The SMILES string of the molecule is CNCC(C)C(=O)Nc1nc(-c2ccccc2C)cs1. The van der Waals surface area contributed by atoms with Crippen LogP contribution in [0, 0.1) is 12.8 Å². The number of hydrogen-bond acceptors (Lipinski definition) is 4. The minimum atomic E-state index is -0.0780.